The molecule has 136 valence electrons. The molecular weight excluding hydrogens is 336 g/mol. The minimum atomic E-state index is -0.423. The molecule has 0 aliphatic heterocycles. The van der Waals surface area contributed by atoms with Crippen molar-refractivity contribution in [3.05, 3.63) is 90.5 Å². The quantitative estimate of drug-likeness (QED) is 0.631. The van der Waals surface area contributed by atoms with Crippen molar-refractivity contribution in [2.75, 3.05) is 5.32 Å². The van der Waals surface area contributed by atoms with E-state index in [-0.39, 0.29) is 5.91 Å². The molecule has 4 nitrogen and oxygen atoms in total. The highest BCUT2D eigenvalue weighted by atomic mass is 16.5. The van der Waals surface area contributed by atoms with E-state index in [1.54, 1.807) is 0 Å². The first-order valence-electron chi connectivity index (χ1n) is 9.23. The van der Waals surface area contributed by atoms with E-state index in [2.05, 4.69) is 10.6 Å². The summed E-state index contributed by atoms with van der Waals surface area (Å²) in [5.41, 5.74) is 1.82. The van der Waals surface area contributed by atoms with E-state index >= 15 is 0 Å². The molecule has 3 aromatic carbocycles. The SMILES string of the molecule is O=C(NC1CC1)C(Nc1ccc(Oc2ccccc2)cc1)c1ccccc1. The lowest BCUT2D eigenvalue weighted by Gasteiger charge is -2.20. The second-order valence-electron chi connectivity index (χ2n) is 6.71. The fraction of sp³-hybridized carbons (Fsp3) is 0.174. The molecule has 0 heterocycles. The highest BCUT2D eigenvalue weighted by molar-refractivity contribution is 5.86. The lowest BCUT2D eigenvalue weighted by atomic mass is 10.1. The standard InChI is InChI=1S/C23H22N2O2/c26-23(25-19-11-12-19)22(17-7-3-1-4-8-17)24-18-13-15-21(16-14-18)27-20-9-5-2-6-10-20/h1-10,13-16,19,22,24H,11-12H2,(H,25,26). The minimum absolute atomic E-state index is 0.00770. The molecule has 1 amide bonds. The summed E-state index contributed by atoms with van der Waals surface area (Å²) in [6.07, 6.45) is 2.14. The number of anilines is 1. The Kier molecular flexibility index (Phi) is 5.06. The molecule has 1 aliphatic carbocycles. The van der Waals surface area contributed by atoms with Crippen LogP contribution in [0.2, 0.25) is 0 Å². The Bertz CT molecular complexity index is 875. The Hall–Kier alpha value is -3.27. The van der Waals surface area contributed by atoms with Gasteiger partial charge in [-0.2, -0.15) is 0 Å². The molecule has 1 fully saturated rings. The first-order valence-corrected chi connectivity index (χ1v) is 9.23. The fourth-order valence-corrected chi connectivity index (χ4v) is 2.87. The molecule has 0 aromatic heterocycles. The third kappa shape index (κ3) is 4.67. The summed E-state index contributed by atoms with van der Waals surface area (Å²) in [6.45, 7) is 0. The predicted molar refractivity (Wildman–Crippen MR) is 107 cm³/mol. The molecule has 4 rings (SSSR count). The third-order valence-electron chi connectivity index (χ3n) is 4.46. The van der Waals surface area contributed by atoms with Gasteiger partial charge in [-0.15, -0.1) is 0 Å². The second kappa shape index (κ2) is 7.96. The molecule has 27 heavy (non-hydrogen) atoms. The van der Waals surface area contributed by atoms with Crippen LogP contribution in [0.25, 0.3) is 0 Å². The normalized spacial score (nSPS) is 14.2. The van der Waals surface area contributed by atoms with Crippen LogP contribution in [0.1, 0.15) is 24.4 Å². The summed E-state index contributed by atoms with van der Waals surface area (Å²) >= 11 is 0. The summed E-state index contributed by atoms with van der Waals surface area (Å²) in [7, 11) is 0. The predicted octanol–water partition coefficient (Wildman–Crippen LogP) is 4.91. The second-order valence-corrected chi connectivity index (χ2v) is 6.71. The van der Waals surface area contributed by atoms with E-state index in [9.17, 15) is 4.79 Å². The zero-order valence-electron chi connectivity index (χ0n) is 15.0. The lowest BCUT2D eigenvalue weighted by Crippen LogP contribution is -2.34. The number of benzene rings is 3. The smallest absolute Gasteiger partial charge is 0.247 e. The molecule has 0 saturated heterocycles. The van der Waals surface area contributed by atoms with Crippen LogP contribution in [0.4, 0.5) is 5.69 Å². The van der Waals surface area contributed by atoms with Crippen LogP contribution >= 0.6 is 0 Å². The molecule has 3 aromatic rings. The van der Waals surface area contributed by atoms with E-state index in [0.717, 1.165) is 35.6 Å². The Morgan fingerprint density at radius 1 is 0.815 bits per heavy atom. The topological polar surface area (TPSA) is 50.4 Å². The van der Waals surface area contributed by atoms with Gasteiger partial charge in [-0.1, -0.05) is 48.5 Å². The first kappa shape index (κ1) is 17.2. The van der Waals surface area contributed by atoms with Gasteiger partial charge >= 0.3 is 0 Å². The van der Waals surface area contributed by atoms with Gasteiger partial charge in [-0.3, -0.25) is 4.79 Å². The average molecular weight is 358 g/mol. The minimum Gasteiger partial charge on any atom is -0.457 e. The zero-order chi connectivity index (χ0) is 18.5. The van der Waals surface area contributed by atoms with Crippen LogP contribution in [-0.2, 0) is 4.79 Å². The Labute approximate surface area is 159 Å². The number of ether oxygens (including phenoxy) is 1. The van der Waals surface area contributed by atoms with Gasteiger partial charge in [0.2, 0.25) is 5.91 Å². The van der Waals surface area contributed by atoms with Crippen molar-refractivity contribution < 1.29 is 9.53 Å². The number of rotatable bonds is 7. The maximum absolute atomic E-state index is 12.7. The molecule has 1 unspecified atom stereocenters. The molecular formula is C23H22N2O2. The number of hydrogen-bond acceptors (Lipinski definition) is 3. The van der Waals surface area contributed by atoms with Crippen molar-refractivity contribution >= 4 is 11.6 Å². The van der Waals surface area contributed by atoms with Crippen molar-refractivity contribution in [2.45, 2.75) is 24.9 Å². The van der Waals surface area contributed by atoms with Crippen LogP contribution in [0.5, 0.6) is 11.5 Å². The largest absolute Gasteiger partial charge is 0.457 e. The van der Waals surface area contributed by atoms with Crippen molar-refractivity contribution in [3.63, 3.8) is 0 Å². The molecule has 1 saturated carbocycles. The Morgan fingerprint density at radius 2 is 1.41 bits per heavy atom. The van der Waals surface area contributed by atoms with Crippen molar-refractivity contribution in [1.82, 2.24) is 5.32 Å². The number of carbonyl (C=O) groups excluding carboxylic acids is 1. The molecule has 0 spiro atoms. The Balaban J connectivity index is 1.48. The van der Waals surface area contributed by atoms with Gasteiger partial charge in [0.15, 0.2) is 0 Å². The molecule has 1 atom stereocenters. The number of amides is 1. The number of nitrogens with one attached hydrogen (secondary N) is 2. The maximum Gasteiger partial charge on any atom is 0.247 e. The van der Waals surface area contributed by atoms with E-state index in [1.807, 2.05) is 84.9 Å². The average Bonchev–Trinajstić information content (AvgIpc) is 3.53. The lowest BCUT2D eigenvalue weighted by molar-refractivity contribution is -0.122. The van der Waals surface area contributed by atoms with Crippen LogP contribution in [0, 0.1) is 0 Å². The van der Waals surface area contributed by atoms with Gasteiger partial charge < -0.3 is 15.4 Å². The zero-order valence-corrected chi connectivity index (χ0v) is 15.0. The van der Waals surface area contributed by atoms with E-state index in [4.69, 9.17) is 4.74 Å². The van der Waals surface area contributed by atoms with Crippen molar-refractivity contribution in [3.8, 4) is 11.5 Å². The van der Waals surface area contributed by atoms with Gasteiger partial charge in [0.25, 0.3) is 0 Å². The highest BCUT2D eigenvalue weighted by Gasteiger charge is 2.28. The van der Waals surface area contributed by atoms with Crippen LogP contribution in [0.15, 0.2) is 84.9 Å². The van der Waals surface area contributed by atoms with Crippen molar-refractivity contribution in [1.29, 1.82) is 0 Å². The summed E-state index contributed by atoms with van der Waals surface area (Å²) in [4.78, 5) is 12.7. The summed E-state index contributed by atoms with van der Waals surface area (Å²) < 4.78 is 5.82. The maximum atomic E-state index is 12.7. The monoisotopic (exact) mass is 358 g/mol. The van der Waals surface area contributed by atoms with Gasteiger partial charge in [-0.05, 0) is 54.8 Å². The van der Waals surface area contributed by atoms with Gasteiger partial charge in [0.05, 0.1) is 0 Å². The third-order valence-corrected chi connectivity index (χ3v) is 4.46. The van der Waals surface area contributed by atoms with Gasteiger partial charge in [0.1, 0.15) is 17.5 Å². The molecule has 0 bridgehead atoms. The fourth-order valence-electron chi connectivity index (χ4n) is 2.87. The first-order chi connectivity index (χ1) is 13.3. The van der Waals surface area contributed by atoms with Gasteiger partial charge in [-0.25, -0.2) is 0 Å². The van der Waals surface area contributed by atoms with Crippen LogP contribution in [-0.4, -0.2) is 11.9 Å². The Morgan fingerprint density at radius 3 is 2.04 bits per heavy atom. The summed E-state index contributed by atoms with van der Waals surface area (Å²) in [5.74, 6) is 1.56. The van der Waals surface area contributed by atoms with E-state index < -0.39 is 6.04 Å². The van der Waals surface area contributed by atoms with Crippen LogP contribution < -0.4 is 15.4 Å². The molecule has 2 N–H and O–H groups in total. The molecule has 4 heteroatoms. The van der Waals surface area contributed by atoms with E-state index in [1.165, 1.54) is 0 Å². The van der Waals surface area contributed by atoms with Crippen molar-refractivity contribution in [2.24, 2.45) is 0 Å². The highest BCUT2D eigenvalue weighted by Crippen LogP contribution is 2.26. The van der Waals surface area contributed by atoms with E-state index in [0.29, 0.717) is 6.04 Å². The number of hydrogen-bond donors (Lipinski definition) is 2. The summed E-state index contributed by atoms with van der Waals surface area (Å²) in [6, 6.07) is 27.0. The van der Waals surface area contributed by atoms with Crippen LogP contribution in [0.3, 0.4) is 0 Å². The molecule has 0 radical (unpaired) electrons. The summed E-state index contributed by atoms with van der Waals surface area (Å²) in [5, 5.41) is 6.44. The number of para-hydroxylation sites is 1. The number of carbonyl (C=O) groups is 1. The van der Waals surface area contributed by atoms with Gasteiger partial charge in [0, 0.05) is 11.7 Å². The molecule has 1 aliphatic rings.